The third-order valence-electron chi connectivity index (χ3n) is 3.48. The lowest BCUT2D eigenvalue weighted by atomic mass is 9.90. The highest BCUT2D eigenvalue weighted by atomic mass is 15.6. The van der Waals surface area contributed by atoms with Crippen LogP contribution in [0.5, 0.6) is 0 Å². The summed E-state index contributed by atoms with van der Waals surface area (Å²) in [6, 6.07) is 0. The van der Waals surface area contributed by atoms with Crippen molar-refractivity contribution in [3.8, 4) is 0 Å². The lowest BCUT2D eigenvalue weighted by molar-refractivity contribution is 0.143. The van der Waals surface area contributed by atoms with Crippen LogP contribution in [0.2, 0.25) is 0 Å². The molecule has 1 aliphatic rings. The second-order valence-electron chi connectivity index (χ2n) is 4.78. The number of piperidine rings is 1. The number of hydrogen-bond donors (Lipinski definition) is 1. The molecule has 6 nitrogen and oxygen atoms in total. The van der Waals surface area contributed by atoms with Crippen LogP contribution in [0.1, 0.15) is 25.6 Å². The monoisotopic (exact) mass is 224 g/mol. The first kappa shape index (κ1) is 11.5. The molecule has 0 bridgehead atoms. The zero-order valence-corrected chi connectivity index (χ0v) is 10.3. The molecule has 0 unspecified atom stereocenters. The largest absolute Gasteiger partial charge is 0.314 e. The fourth-order valence-electron chi connectivity index (χ4n) is 2.04. The first-order valence-electron chi connectivity index (χ1n) is 5.75. The fourth-order valence-corrected chi connectivity index (χ4v) is 2.04. The highest BCUT2D eigenvalue weighted by molar-refractivity contribution is 4.89. The maximum absolute atomic E-state index is 4.20. The molecule has 0 aliphatic carbocycles. The van der Waals surface area contributed by atoms with Crippen LogP contribution in [0.25, 0.3) is 0 Å². The Balaban J connectivity index is 1.86. The average Bonchev–Trinajstić information content (AvgIpc) is 2.68. The van der Waals surface area contributed by atoms with Gasteiger partial charge in [-0.25, -0.2) is 0 Å². The van der Waals surface area contributed by atoms with E-state index >= 15 is 0 Å². The van der Waals surface area contributed by atoms with Crippen molar-refractivity contribution < 1.29 is 0 Å². The molecule has 6 heteroatoms. The summed E-state index contributed by atoms with van der Waals surface area (Å²) in [6.07, 6.45) is 2.34. The van der Waals surface area contributed by atoms with E-state index < -0.39 is 0 Å². The molecule has 0 spiro atoms. The normalized spacial score (nSPS) is 21.2. The Labute approximate surface area is 96.0 Å². The number of likely N-dealkylation sites (tertiary alicyclic amines) is 1. The molecule has 1 aliphatic heterocycles. The van der Waals surface area contributed by atoms with Gasteiger partial charge in [-0.15, -0.1) is 10.2 Å². The average molecular weight is 224 g/mol. The van der Waals surface area contributed by atoms with Gasteiger partial charge >= 0.3 is 0 Å². The van der Waals surface area contributed by atoms with Crippen LogP contribution in [0.3, 0.4) is 0 Å². The van der Waals surface area contributed by atoms with Crippen LogP contribution in [0, 0.1) is 0 Å². The van der Waals surface area contributed by atoms with E-state index in [4.69, 9.17) is 0 Å². The minimum atomic E-state index is 0.298. The van der Waals surface area contributed by atoms with Crippen LogP contribution in [-0.2, 0) is 13.6 Å². The number of aryl methyl sites for hydroxylation is 1. The van der Waals surface area contributed by atoms with Gasteiger partial charge in [-0.1, -0.05) is 0 Å². The van der Waals surface area contributed by atoms with Crippen molar-refractivity contribution in [3.05, 3.63) is 5.82 Å². The first-order valence-corrected chi connectivity index (χ1v) is 5.75. The van der Waals surface area contributed by atoms with Crippen molar-refractivity contribution in [1.82, 2.24) is 30.4 Å². The second-order valence-corrected chi connectivity index (χ2v) is 4.78. The summed E-state index contributed by atoms with van der Waals surface area (Å²) < 4.78 is 0. The molecule has 90 valence electrons. The maximum atomic E-state index is 4.20. The molecule has 0 saturated carbocycles. The van der Waals surface area contributed by atoms with Gasteiger partial charge in [0.2, 0.25) is 0 Å². The van der Waals surface area contributed by atoms with Gasteiger partial charge in [0.15, 0.2) is 5.82 Å². The quantitative estimate of drug-likeness (QED) is 0.769. The molecule has 1 aromatic heterocycles. The van der Waals surface area contributed by atoms with Crippen molar-refractivity contribution in [2.75, 3.05) is 20.1 Å². The Bertz CT molecular complexity index is 339. The maximum Gasteiger partial charge on any atom is 0.188 e. The lowest BCUT2D eigenvalue weighted by Crippen LogP contribution is -2.49. The summed E-state index contributed by atoms with van der Waals surface area (Å²) in [6.45, 7) is 5.28. The molecule has 16 heavy (non-hydrogen) atoms. The number of rotatable bonds is 3. The van der Waals surface area contributed by atoms with Gasteiger partial charge in [0.05, 0.1) is 13.6 Å². The fraction of sp³-hybridized carbons (Fsp3) is 0.900. The molecule has 1 fully saturated rings. The summed E-state index contributed by atoms with van der Waals surface area (Å²) in [5, 5.41) is 15.4. The van der Waals surface area contributed by atoms with Gasteiger partial charge in [-0.05, 0) is 32.0 Å². The van der Waals surface area contributed by atoms with E-state index in [1.165, 1.54) is 17.6 Å². The molecule has 1 saturated heterocycles. The van der Waals surface area contributed by atoms with Gasteiger partial charge in [0.25, 0.3) is 0 Å². The zero-order chi connectivity index (χ0) is 11.6. The third kappa shape index (κ3) is 2.56. The molecular formula is C10H20N6. The van der Waals surface area contributed by atoms with Gasteiger partial charge in [-0.2, -0.15) is 4.80 Å². The Morgan fingerprint density at radius 1 is 1.38 bits per heavy atom. The summed E-state index contributed by atoms with van der Waals surface area (Å²) in [5.74, 6) is 0.815. The molecule has 2 heterocycles. The Morgan fingerprint density at radius 3 is 2.56 bits per heavy atom. The summed E-state index contributed by atoms with van der Waals surface area (Å²) >= 11 is 0. The second kappa shape index (κ2) is 4.47. The number of tetrazole rings is 1. The predicted octanol–water partition coefficient (Wildman–Crippen LogP) is -0.216. The molecule has 1 N–H and O–H groups in total. The summed E-state index contributed by atoms with van der Waals surface area (Å²) in [5.41, 5.74) is 0.298. The van der Waals surface area contributed by atoms with Gasteiger partial charge in [0.1, 0.15) is 0 Å². The molecule has 0 amide bonds. The SMILES string of the molecule is CNC1(C)CCN(Cc2nnn(C)n2)CC1. The lowest BCUT2D eigenvalue weighted by Gasteiger charge is -2.38. The van der Waals surface area contributed by atoms with Crippen molar-refractivity contribution in [2.45, 2.75) is 31.8 Å². The van der Waals surface area contributed by atoms with Crippen LogP contribution < -0.4 is 5.32 Å². The van der Waals surface area contributed by atoms with Crippen LogP contribution in [-0.4, -0.2) is 50.8 Å². The van der Waals surface area contributed by atoms with Gasteiger partial charge in [-0.3, -0.25) is 4.90 Å². The smallest absolute Gasteiger partial charge is 0.188 e. The first-order chi connectivity index (χ1) is 7.61. The van der Waals surface area contributed by atoms with E-state index in [1.807, 2.05) is 7.05 Å². The van der Waals surface area contributed by atoms with Gasteiger partial charge < -0.3 is 5.32 Å². The number of nitrogens with zero attached hydrogens (tertiary/aromatic N) is 5. The van der Waals surface area contributed by atoms with E-state index in [0.717, 1.165) is 25.5 Å². The molecular weight excluding hydrogens is 204 g/mol. The van der Waals surface area contributed by atoms with Crippen LogP contribution >= 0.6 is 0 Å². The number of hydrogen-bond acceptors (Lipinski definition) is 5. The highest BCUT2D eigenvalue weighted by Gasteiger charge is 2.28. The molecule has 0 radical (unpaired) electrons. The highest BCUT2D eigenvalue weighted by Crippen LogP contribution is 2.21. The Morgan fingerprint density at radius 2 is 2.06 bits per heavy atom. The summed E-state index contributed by atoms with van der Waals surface area (Å²) in [7, 11) is 3.84. The predicted molar refractivity (Wildman–Crippen MR) is 60.8 cm³/mol. The molecule has 1 aromatic rings. The standard InChI is InChI=1S/C10H20N6/c1-10(11-2)4-6-16(7-5-10)8-9-12-14-15(3)13-9/h11H,4-8H2,1-3H3. The third-order valence-corrected chi connectivity index (χ3v) is 3.48. The number of aromatic nitrogens is 4. The Kier molecular flexibility index (Phi) is 3.20. The van der Waals surface area contributed by atoms with E-state index in [-0.39, 0.29) is 0 Å². The van der Waals surface area contributed by atoms with Crippen molar-refractivity contribution in [3.63, 3.8) is 0 Å². The van der Waals surface area contributed by atoms with E-state index in [1.54, 1.807) is 7.05 Å². The van der Waals surface area contributed by atoms with Crippen LogP contribution in [0.15, 0.2) is 0 Å². The minimum Gasteiger partial charge on any atom is -0.314 e. The molecule has 0 aromatic carbocycles. The van der Waals surface area contributed by atoms with Crippen molar-refractivity contribution >= 4 is 0 Å². The topological polar surface area (TPSA) is 58.9 Å². The molecule has 2 rings (SSSR count). The summed E-state index contributed by atoms with van der Waals surface area (Å²) in [4.78, 5) is 3.90. The number of nitrogens with one attached hydrogen (secondary N) is 1. The van der Waals surface area contributed by atoms with E-state index in [2.05, 4.69) is 32.6 Å². The van der Waals surface area contributed by atoms with E-state index in [9.17, 15) is 0 Å². The molecule has 0 atom stereocenters. The van der Waals surface area contributed by atoms with Crippen molar-refractivity contribution in [1.29, 1.82) is 0 Å². The van der Waals surface area contributed by atoms with Crippen LogP contribution in [0.4, 0.5) is 0 Å². The Hall–Kier alpha value is -1.01. The minimum absolute atomic E-state index is 0.298. The van der Waals surface area contributed by atoms with E-state index in [0.29, 0.717) is 5.54 Å². The van der Waals surface area contributed by atoms with Gasteiger partial charge in [0, 0.05) is 18.6 Å². The zero-order valence-electron chi connectivity index (χ0n) is 10.3. The van der Waals surface area contributed by atoms with Crippen molar-refractivity contribution in [2.24, 2.45) is 7.05 Å².